The Kier molecular flexibility index (Phi) is 4.55. The highest BCUT2D eigenvalue weighted by Crippen LogP contribution is 2.26. The molecule has 0 aliphatic rings. The van der Waals surface area contributed by atoms with Crippen LogP contribution in [-0.2, 0) is 11.2 Å². The minimum absolute atomic E-state index is 0.114. The van der Waals surface area contributed by atoms with Crippen LogP contribution in [0.5, 0.6) is 0 Å². The summed E-state index contributed by atoms with van der Waals surface area (Å²) in [5, 5.41) is 13.4. The third-order valence-electron chi connectivity index (χ3n) is 2.92. The van der Waals surface area contributed by atoms with Crippen LogP contribution in [0.1, 0.15) is 11.1 Å². The minimum Gasteiger partial charge on any atom is -0.324 e. The molecule has 108 valence electrons. The number of amides is 1. The molecule has 1 N–H and O–H groups in total. The molecule has 0 aromatic heterocycles. The molecule has 0 heterocycles. The topological polar surface area (TPSA) is 72.2 Å². The molecule has 0 spiro atoms. The van der Waals surface area contributed by atoms with Crippen molar-refractivity contribution in [3.05, 3.63) is 68.7 Å². The molecule has 0 saturated carbocycles. The first-order valence-electron chi connectivity index (χ1n) is 6.25. The van der Waals surface area contributed by atoms with Gasteiger partial charge in [0.2, 0.25) is 5.91 Å². The van der Waals surface area contributed by atoms with Crippen molar-refractivity contribution in [2.45, 2.75) is 13.3 Å². The summed E-state index contributed by atoms with van der Waals surface area (Å²) in [4.78, 5) is 22.0. The van der Waals surface area contributed by atoms with Gasteiger partial charge in [0.05, 0.1) is 22.1 Å². The molecule has 0 unspecified atom stereocenters. The van der Waals surface area contributed by atoms with Crippen LogP contribution in [-0.4, -0.2) is 10.8 Å². The van der Waals surface area contributed by atoms with Gasteiger partial charge in [0.1, 0.15) is 0 Å². The van der Waals surface area contributed by atoms with Gasteiger partial charge < -0.3 is 5.32 Å². The number of aryl methyl sites for hydroxylation is 1. The lowest BCUT2D eigenvalue weighted by molar-refractivity contribution is -0.384. The number of carbonyl (C=O) groups excluding carboxylic acids is 1. The molecule has 0 saturated heterocycles. The quantitative estimate of drug-likeness (QED) is 0.691. The zero-order valence-electron chi connectivity index (χ0n) is 11.3. The highest BCUT2D eigenvalue weighted by atomic mass is 35.5. The van der Waals surface area contributed by atoms with Crippen molar-refractivity contribution in [1.82, 2.24) is 0 Å². The number of benzene rings is 2. The second-order valence-corrected chi connectivity index (χ2v) is 5.04. The molecule has 0 aliphatic carbocycles. The summed E-state index contributed by atoms with van der Waals surface area (Å²) in [6.45, 7) is 1.97. The smallest absolute Gasteiger partial charge is 0.271 e. The number of nitrogens with one attached hydrogen (secondary N) is 1. The Morgan fingerprint density at radius 1 is 1.24 bits per heavy atom. The van der Waals surface area contributed by atoms with Gasteiger partial charge in [-0.15, -0.1) is 0 Å². The SMILES string of the molecule is Cc1ccc(CC(=O)Nc2ccc([N+](=O)[O-])cc2Cl)cc1. The molecule has 6 heteroatoms. The highest BCUT2D eigenvalue weighted by Gasteiger charge is 2.11. The molecule has 21 heavy (non-hydrogen) atoms. The zero-order valence-corrected chi connectivity index (χ0v) is 12.1. The molecule has 0 fully saturated rings. The third kappa shape index (κ3) is 4.03. The summed E-state index contributed by atoms with van der Waals surface area (Å²) in [5.41, 5.74) is 2.25. The molecule has 2 rings (SSSR count). The van der Waals surface area contributed by atoms with E-state index in [1.54, 1.807) is 0 Å². The van der Waals surface area contributed by atoms with Crippen LogP contribution in [0.15, 0.2) is 42.5 Å². The van der Waals surface area contributed by atoms with E-state index in [0.717, 1.165) is 11.1 Å². The van der Waals surface area contributed by atoms with Gasteiger partial charge in [-0.2, -0.15) is 0 Å². The summed E-state index contributed by atoms with van der Waals surface area (Å²) in [6.07, 6.45) is 0.216. The zero-order chi connectivity index (χ0) is 15.4. The number of nitro groups is 1. The Hall–Kier alpha value is -2.40. The maximum atomic E-state index is 11.9. The van der Waals surface area contributed by atoms with Crippen molar-refractivity contribution >= 4 is 28.9 Å². The van der Waals surface area contributed by atoms with Crippen LogP contribution >= 0.6 is 11.6 Å². The normalized spacial score (nSPS) is 10.2. The summed E-state index contributed by atoms with van der Waals surface area (Å²) < 4.78 is 0. The van der Waals surface area contributed by atoms with E-state index in [-0.39, 0.29) is 23.0 Å². The Labute approximate surface area is 126 Å². The van der Waals surface area contributed by atoms with Crippen molar-refractivity contribution in [2.24, 2.45) is 0 Å². The van der Waals surface area contributed by atoms with Crippen molar-refractivity contribution in [1.29, 1.82) is 0 Å². The first-order valence-corrected chi connectivity index (χ1v) is 6.63. The van der Waals surface area contributed by atoms with E-state index in [0.29, 0.717) is 5.69 Å². The van der Waals surface area contributed by atoms with Crippen LogP contribution in [0, 0.1) is 17.0 Å². The summed E-state index contributed by atoms with van der Waals surface area (Å²) in [5.74, 6) is -0.227. The first kappa shape index (κ1) is 15.0. The predicted molar refractivity (Wildman–Crippen MR) is 81.6 cm³/mol. The Bertz CT molecular complexity index is 684. The number of nitrogens with zero attached hydrogens (tertiary/aromatic N) is 1. The molecule has 5 nitrogen and oxygen atoms in total. The van der Waals surface area contributed by atoms with Gasteiger partial charge in [-0.05, 0) is 18.6 Å². The molecular formula is C15H13ClN2O3. The van der Waals surface area contributed by atoms with E-state index in [1.807, 2.05) is 31.2 Å². The van der Waals surface area contributed by atoms with Crippen LogP contribution in [0.25, 0.3) is 0 Å². The van der Waals surface area contributed by atoms with E-state index < -0.39 is 4.92 Å². The lowest BCUT2D eigenvalue weighted by Gasteiger charge is -2.07. The van der Waals surface area contributed by atoms with Gasteiger partial charge in [-0.25, -0.2) is 0 Å². The van der Waals surface area contributed by atoms with Gasteiger partial charge in [-0.1, -0.05) is 41.4 Å². The van der Waals surface area contributed by atoms with Crippen LogP contribution in [0.2, 0.25) is 5.02 Å². The number of anilines is 1. The summed E-state index contributed by atoms with van der Waals surface area (Å²) in [6, 6.07) is 11.6. The summed E-state index contributed by atoms with van der Waals surface area (Å²) >= 11 is 5.92. The van der Waals surface area contributed by atoms with E-state index in [2.05, 4.69) is 5.32 Å². The fraction of sp³-hybridized carbons (Fsp3) is 0.133. The maximum Gasteiger partial charge on any atom is 0.271 e. The maximum absolute atomic E-state index is 11.9. The largest absolute Gasteiger partial charge is 0.324 e. The first-order chi connectivity index (χ1) is 9.95. The Morgan fingerprint density at radius 2 is 1.90 bits per heavy atom. The fourth-order valence-corrected chi connectivity index (χ4v) is 2.03. The van der Waals surface area contributed by atoms with Gasteiger partial charge in [-0.3, -0.25) is 14.9 Å². The van der Waals surface area contributed by atoms with Crippen LogP contribution < -0.4 is 5.32 Å². The number of nitro benzene ring substituents is 1. The van der Waals surface area contributed by atoms with E-state index in [1.165, 1.54) is 18.2 Å². The number of halogens is 1. The van der Waals surface area contributed by atoms with Gasteiger partial charge in [0.25, 0.3) is 5.69 Å². The molecule has 0 radical (unpaired) electrons. The predicted octanol–water partition coefficient (Wildman–Crippen LogP) is 3.74. The summed E-state index contributed by atoms with van der Waals surface area (Å²) in [7, 11) is 0. The molecular weight excluding hydrogens is 292 g/mol. The van der Waals surface area contributed by atoms with Crippen molar-refractivity contribution in [3.63, 3.8) is 0 Å². The second-order valence-electron chi connectivity index (χ2n) is 4.63. The molecule has 1 amide bonds. The number of rotatable bonds is 4. The Balaban J connectivity index is 2.06. The lowest BCUT2D eigenvalue weighted by Crippen LogP contribution is -2.14. The van der Waals surface area contributed by atoms with Gasteiger partial charge >= 0.3 is 0 Å². The molecule has 0 bridgehead atoms. The molecule has 2 aromatic rings. The molecule has 0 aliphatic heterocycles. The third-order valence-corrected chi connectivity index (χ3v) is 3.24. The lowest BCUT2D eigenvalue weighted by atomic mass is 10.1. The Morgan fingerprint density at radius 3 is 2.48 bits per heavy atom. The number of hydrogen-bond acceptors (Lipinski definition) is 3. The molecule has 2 aromatic carbocycles. The van der Waals surface area contributed by atoms with E-state index >= 15 is 0 Å². The second kappa shape index (κ2) is 6.37. The van der Waals surface area contributed by atoms with Gasteiger partial charge in [0, 0.05) is 12.1 Å². The van der Waals surface area contributed by atoms with E-state index in [4.69, 9.17) is 11.6 Å². The van der Waals surface area contributed by atoms with Crippen molar-refractivity contribution in [2.75, 3.05) is 5.32 Å². The number of hydrogen-bond donors (Lipinski definition) is 1. The van der Waals surface area contributed by atoms with E-state index in [9.17, 15) is 14.9 Å². The van der Waals surface area contributed by atoms with Crippen molar-refractivity contribution < 1.29 is 9.72 Å². The fourth-order valence-electron chi connectivity index (χ4n) is 1.80. The molecule has 0 atom stereocenters. The minimum atomic E-state index is -0.538. The average molecular weight is 305 g/mol. The number of carbonyl (C=O) groups is 1. The monoisotopic (exact) mass is 304 g/mol. The van der Waals surface area contributed by atoms with Crippen LogP contribution in [0.3, 0.4) is 0 Å². The highest BCUT2D eigenvalue weighted by molar-refractivity contribution is 6.34. The standard InChI is InChI=1S/C15H13ClN2O3/c1-10-2-4-11(5-3-10)8-15(19)17-14-7-6-12(18(20)21)9-13(14)16/h2-7,9H,8H2,1H3,(H,17,19). The average Bonchev–Trinajstić information content (AvgIpc) is 2.43. The van der Waals surface area contributed by atoms with Crippen molar-refractivity contribution in [3.8, 4) is 0 Å². The van der Waals surface area contributed by atoms with Crippen LogP contribution in [0.4, 0.5) is 11.4 Å². The van der Waals surface area contributed by atoms with Gasteiger partial charge in [0.15, 0.2) is 0 Å². The number of non-ortho nitro benzene ring substituents is 1.